The summed E-state index contributed by atoms with van der Waals surface area (Å²) < 4.78 is 0. The number of aliphatic imine (C=N–C) groups is 1. The standard InChI is InChI=1S/C13H25N3/c1-6-12-9-13(7-8-14-12,15-10(2)3)16-11(4)5/h7-8,10-11,15-16H,6,9H2,1-5H3. The maximum atomic E-state index is 4.41. The Kier molecular flexibility index (Phi) is 4.69. The molecule has 0 saturated heterocycles. The topological polar surface area (TPSA) is 36.4 Å². The zero-order valence-corrected chi connectivity index (χ0v) is 11.2. The molecule has 92 valence electrons. The molecule has 0 saturated carbocycles. The summed E-state index contributed by atoms with van der Waals surface area (Å²) in [5.74, 6) is 0. The van der Waals surface area contributed by atoms with Crippen molar-refractivity contribution in [1.82, 2.24) is 10.6 Å². The van der Waals surface area contributed by atoms with Crippen molar-refractivity contribution in [3.63, 3.8) is 0 Å². The zero-order valence-electron chi connectivity index (χ0n) is 11.2. The monoisotopic (exact) mass is 223 g/mol. The fourth-order valence-electron chi connectivity index (χ4n) is 2.18. The number of hydrogen-bond acceptors (Lipinski definition) is 3. The minimum absolute atomic E-state index is 0.116. The second-order valence-electron chi connectivity index (χ2n) is 5.11. The minimum atomic E-state index is -0.116. The van der Waals surface area contributed by atoms with Crippen LogP contribution < -0.4 is 10.6 Å². The molecule has 3 nitrogen and oxygen atoms in total. The Hall–Kier alpha value is -0.670. The van der Waals surface area contributed by atoms with Crippen molar-refractivity contribution in [2.45, 2.75) is 65.2 Å². The predicted molar refractivity (Wildman–Crippen MR) is 70.8 cm³/mol. The second kappa shape index (κ2) is 5.60. The third-order valence-corrected chi connectivity index (χ3v) is 2.60. The highest BCUT2D eigenvalue weighted by atomic mass is 15.2. The van der Waals surface area contributed by atoms with Gasteiger partial charge < -0.3 is 0 Å². The summed E-state index contributed by atoms with van der Waals surface area (Å²) in [5.41, 5.74) is 1.14. The summed E-state index contributed by atoms with van der Waals surface area (Å²) in [6.07, 6.45) is 6.04. The van der Waals surface area contributed by atoms with Gasteiger partial charge in [0.2, 0.25) is 0 Å². The van der Waals surface area contributed by atoms with Gasteiger partial charge in [-0.1, -0.05) is 6.92 Å². The molecule has 0 aliphatic carbocycles. The third kappa shape index (κ3) is 3.72. The summed E-state index contributed by atoms with van der Waals surface area (Å²) in [6, 6.07) is 0.902. The van der Waals surface area contributed by atoms with Crippen LogP contribution in [0.4, 0.5) is 0 Å². The van der Waals surface area contributed by atoms with Crippen LogP contribution in [0.3, 0.4) is 0 Å². The van der Waals surface area contributed by atoms with Gasteiger partial charge in [-0.05, 0) is 40.2 Å². The average Bonchev–Trinajstić information content (AvgIpc) is 2.15. The molecule has 0 atom stereocenters. The lowest BCUT2D eigenvalue weighted by atomic mass is 9.96. The van der Waals surface area contributed by atoms with Crippen LogP contribution in [0.1, 0.15) is 47.5 Å². The first-order valence-corrected chi connectivity index (χ1v) is 6.26. The normalized spacial score (nSPS) is 19.3. The van der Waals surface area contributed by atoms with Crippen molar-refractivity contribution in [2.75, 3.05) is 0 Å². The maximum Gasteiger partial charge on any atom is 0.0954 e. The van der Waals surface area contributed by atoms with Crippen molar-refractivity contribution < 1.29 is 0 Å². The molecule has 0 unspecified atom stereocenters. The Labute approximate surface area is 99.4 Å². The summed E-state index contributed by atoms with van der Waals surface area (Å²) in [4.78, 5) is 4.41. The molecule has 0 aromatic carbocycles. The van der Waals surface area contributed by atoms with Crippen LogP contribution in [-0.4, -0.2) is 23.5 Å². The van der Waals surface area contributed by atoms with E-state index in [9.17, 15) is 0 Å². The number of nitrogens with zero attached hydrogens (tertiary/aromatic N) is 1. The molecule has 0 radical (unpaired) electrons. The Morgan fingerprint density at radius 3 is 2.25 bits per heavy atom. The molecular weight excluding hydrogens is 198 g/mol. The Morgan fingerprint density at radius 2 is 1.81 bits per heavy atom. The predicted octanol–water partition coefficient (Wildman–Crippen LogP) is 2.45. The van der Waals surface area contributed by atoms with Crippen LogP contribution in [0, 0.1) is 0 Å². The summed E-state index contributed by atoms with van der Waals surface area (Å²) in [7, 11) is 0. The summed E-state index contributed by atoms with van der Waals surface area (Å²) >= 11 is 0. The highest BCUT2D eigenvalue weighted by Crippen LogP contribution is 2.18. The van der Waals surface area contributed by atoms with E-state index in [0.717, 1.165) is 12.8 Å². The number of hydrogen-bond donors (Lipinski definition) is 2. The lowest BCUT2D eigenvalue weighted by molar-refractivity contribution is 0.283. The van der Waals surface area contributed by atoms with Crippen LogP contribution in [0.2, 0.25) is 0 Å². The SMILES string of the molecule is CCC1=NC=CC(NC(C)C)(NC(C)C)C1. The van der Waals surface area contributed by atoms with Crippen LogP contribution in [0.15, 0.2) is 17.3 Å². The van der Waals surface area contributed by atoms with E-state index in [2.05, 4.69) is 56.3 Å². The van der Waals surface area contributed by atoms with Crippen molar-refractivity contribution in [2.24, 2.45) is 4.99 Å². The minimum Gasteiger partial charge on any atom is -0.293 e. The van der Waals surface area contributed by atoms with Crippen LogP contribution in [0.25, 0.3) is 0 Å². The molecule has 3 heteroatoms. The van der Waals surface area contributed by atoms with Gasteiger partial charge >= 0.3 is 0 Å². The van der Waals surface area contributed by atoms with E-state index in [4.69, 9.17) is 0 Å². The lowest BCUT2D eigenvalue weighted by Crippen LogP contribution is -2.61. The first-order valence-electron chi connectivity index (χ1n) is 6.26. The van der Waals surface area contributed by atoms with Gasteiger partial charge in [0.25, 0.3) is 0 Å². The number of rotatable bonds is 5. The highest BCUT2D eigenvalue weighted by molar-refractivity contribution is 5.87. The molecular formula is C13H25N3. The molecule has 16 heavy (non-hydrogen) atoms. The van der Waals surface area contributed by atoms with E-state index in [0.29, 0.717) is 12.1 Å². The summed E-state index contributed by atoms with van der Waals surface area (Å²) in [6.45, 7) is 10.9. The van der Waals surface area contributed by atoms with Gasteiger partial charge in [-0.25, -0.2) is 0 Å². The Bertz CT molecular complexity index is 267. The molecule has 1 aliphatic heterocycles. The molecule has 1 rings (SSSR count). The zero-order chi connectivity index (χ0) is 12.2. The van der Waals surface area contributed by atoms with E-state index in [-0.39, 0.29) is 5.66 Å². The van der Waals surface area contributed by atoms with E-state index in [1.165, 1.54) is 5.71 Å². The van der Waals surface area contributed by atoms with Gasteiger partial charge in [-0.2, -0.15) is 0 Å². The lowest BCUT2D eigenvalue weighted by Gasteiger charge is -2.38. The van der Waals surface area contributed by atoms with Crippen molar-refractivity contribution in [3.05, 3.63) is 12.3 Å². The van der Waals surface area contributed by atoms with Gasteiger partial charge in [-0.15, -0.1) is 0 Å². The third-order valence-electron chi connectivity index (χ3n) is 2.60. The number of nitrogens with one attached hydrogen (secondary N) is 2. The molecule has 0 bridgehead atoms. The van der Waals surface area contributed by atoms with Gasteiger partial charge in [0, 0.05) is 30.4 Å². The van der Waals surface area contributed by atoms with Gasteiger partial charge in [0.05, 0.1) is 5.66 Å². The van der Waals surface area contributed by atoms with E-state index in [1.54, 1.807) is 0 Å². The van der Waals surface area contributed by atoms with Gasteiger partial charge in [-0.3, -0.25) is 15.6 Å². The fraction of sp³-hybridized carbons (Fsp3) is 0.769. The molecule has 0 spiro atoms. The smallest absolute Gasteiger partial charge is 0.0954 e. The van der Waals surface area contributed by atoms with Crippen molar-refractivity contribution in [3.8, 4) is 0 Å². The highest BCUT2D eigenvalue weighted by Gasteiger charge is 2.31. The van der Waals surface area contributed by atoms with Crippen LogP contribution in [-0.2, 0) is 0 Å². The first-order chi connectivity index (χ1) is 7.47. The quantitative estimate of drug-likeness (QED) is 0.702. The molecule has 0 aromatic rings. The molecule has 0 fully saturated rings. The molecule has 1 aliphatic rings. The average molecular weight is 223 g/mol. The van der Waals surface area contributed by atoms with Gasteiger partial charge in [0.1, 0.15) is 0 Å². The van der Waals surface area contributed by atoms with E-state index in [1.807, 2.05) is 6.20 Å². The first kappa shape index (κ1) is 13.4. The largest absolute Gasteiger partial charge is 0.293 e. The molecule has 0 aromatic heterocycles. The van der Waals surface area contributed by atoms with Gasteiger partial charge in [0.15, 0.2) is 0 Å². The van der Waals surface area contributed by atoms with E-state index >= 15 is 0 Å². The molecule has 1 heterocycles. The Balaban J connectivity index is 2.81. The maximum absolute atomic E-state index is 4.41. The molecule has 2 N–H and O–H groups in total. The second-order valence-corrected chi connectivity index (χ2v) is 5.11. The van der Waals surface area contributed by atoms with Crippen molar-refractivity contribution in [1.29, 1.82) is 0 Å². The molecule has 0 amide bonds. The summed E-state index contributed by atoms with van der Waals surface area (Å²) in [5, 5.41) is 7.22. The van der Waals surface area contributed by atoms with Crippen molar-refractivity contribution >= 4 is 5.71 Å². The van der Waals surface area contributed by atoms with E-state index < -0.39 is 0 Å². The fourth-order valence-corrected chi connectivity index (χ4v) is 2.18. The Morgan fingerprint density at radius 1 is 1.25 bits per heavy atom. The van der Waals surface area contributed by atoms with Crippen LogP contribution in [0.5, 0.6) is 0 Å². The van der Waals surface area contributed by atoms with Crippen LogP contribution >= 0.6 is 0 Å².